The maximum absolute atomic E-state index is 12.1. The van der Waals surface area contributed by atoms with E-state index in [9.17, 15) is 4.79 Å². The van der Waals surface area contributed by atoms with Crippen LogP contribution in [0.1, 0.15) is 44.7 Å². The van der Waals surface area contributed by atoms with E-state index in [1.807, 2.05) is 32.2 Å². The van der Waals surface area contributed by atoms with Gasteiger partial charge in [-0.3, -0.25) is 9.78 Å². The zero-order chi connectivity index (χ0) is 20.2. The van der Waals surface area contributed by atoms with Gasteiger partial charge in [-0.2, -0.15) is 5.10 Å². The summed E-state index contributed by atoms with van der Waals surface area (Å²) in [5, 5.41) is 9.50. The lowest BCUT2D eigenvalue weighted by molar-refractivity contribution is 0.423. The Labute approximate surface area is 171 Å². The van der Waals surface area contributed by atoms with E-state index in [0.29, 0.717) is 6.04 Å². The minimum Gasteiger partial charge on any atom is -0.351 e. The molecule has 0 amide bonds. The molecule has 0 bridgehead atoms. The molecule has 152 valence electrons. The maximum atomic E-state index is 12.1. The lowest BCUT2D eigenvalue weighted by Gasteiger charge is -2.37. The highest BCUT2D eigenvalue weighted by atomic mass is 16.1. The topological polar surface area (TPSA) is 63.1 Å². The van der Waals surface area contributed by atoms with Gasteiger partial charge < -0.3 is 10.2 Å². The van der Waals surface area contributed by atoms with Crippen molar-refractivity contribution in [2.45, 2.75) is 51.7 Å². The summed E-state index contributed by atoms with van der Waals surface area (Å²) in [7, 11) is 0. The molecule has 4 rings (SSSR count). The van der Waals surface area contributed by atoms with Crippen LogP contribution in [0.3, 0.4) is 0 Å². The third-order valence-corrected chi connectivity index (χ3v) is 5.66. The standard InChI is InChI=1S/C23H29N5O/c1-17(2)28-23(29)11-10-22(26-28)27-14-6-5-7-19(27)16-24-15-18-12-13-25-21-9-4-3-8-20(18)21/h3-4,8-13,17,19,24H,5-7,14-16H2,1-2H3. The van der Waals surface area contributed by atoms with Gasteiger partial charge >= 0.3 is 0 Å². The second kappa shape index (κ2) is 8.74. The van der Waals surface area contributed by atoms with E-state index in [2.05, 4.69) is 44.6 Å². The Morgan fingerprint density at radius 1 is 1.14 bits per heavy atom. The van der Waals surface area contributed by atoms with E-state index in [1.165, 1.54) is 17.4 Å². The highest BCUT2D eigenvalue weighted by molar-refractivity contribution is 5.81. The van der Waals surface area contributed by atoms with E-state index in [4.69, 9.17) is 0 Å². The molecule has 0 spiro atoms. The normalized spacial score (nSPS) is 17.2. The van der Waals surface area contributed by atoms with E-state index in [-0.39, 0.29) is 11.6 Å². The lowest BCUT2D eigenvalue weighted by atomic mass is 10.0. The van der Waals surface area contributed by atoms with E-state index >= 15 is 0 Å². The zero-order valence-electron chi connectivity index (χ0n) is 17.2. The molecule has 3 aromatic rings. The quantitative estimate of drug-likeness (QED) is 0.697. The van der Waals surface area contributed by atoms with Gasteiger partial charge in [0, 0.05) is 43.3 Å². The van der Waals surface area contributed by atoms with Crippen molar-refractivity contribution in [2.24, 2.45) is 0 Å². The van der Waals surface area contributed by atoms with Gasteiger partial charge in [0.15, 0.2) is 0 Å². The van der Waals surface area contributed by atoms with Crippen molar-refractivity contribution >= 4 is 16.7 Å². The minimum atomic E-state index is -0.0417. The number of fused-ring (bicyclic) bond motifs is 1. The van der Waals surface area contributed by atoms with Gasteiger partial charge in [0.25, 0.3) is 5.56 Å². The molecule has 1 aliphatic rings. The predicted molar refractivity (Wildman–Crippen MR) is 117 cm³/mol. The average Bonchev–Trinajstić information content (AvgIpc) is 2.74. The van der Waals surface area contributed by atoms with Gasteiger partial charge in [0.05, 0.1) is 11.6 Å². The summed E-state index contributed by atoms with van der Waals surface area (Å²) in [5.41, 5.74) is 2.26. The maximum Gasteiger partial charge on any atom is 0.267 e. The number of benzene rings is 1. The first kappa shape index (κ1) is 19.6. The number of anilines is 1. The first-order chi connectivity index (χ1) is 14.1. The molecule has 6 nitrogen and oxygen atoms in total. The van der Waals surface area contributed by atoms with Crippen LogP contribution in [0.25, 0.3) is 10.9 Å². The molecule has 6 heteroatoms. The average molecular weight is 392 g/mol. The van der Waals surface area contributed by atoms with Gasteiger partial charge in [-0.25, -0.2) is 4.68 Å². The molecule has 1 fully saturated rings. The SMILES string of the molecule is CC(C)n1nc(N2CCCCC2CNCc2ccnc3ccccc23)ccc1=O. The molecule has 1 atom stereocenters. The number of para-hydroxylation sites is 1. The molecule has 2 aromatic heterocycles. The minimum absolute atomic E-state index is 0.0417. The highest BCUT2D eigenvalue weighted by Gasteiger charge is 2.24. The molecular weight excluding hydrogens is 362 g/mol. The van der Waals surface area contributed by atoms with Crippen molar-refractivity contribution in [1.29, 1.82) is 0 Å². The van der Waals surface area contributed by atoms with Crippen molar-refractivity contribution in [1.82, 2.24) is 20.1 Å². The van der Waals surface area contributed by atoms with Crippen LogP contribution in [0.15, 0.2) is 53.5 Å². The molecule has 0 aliphatic carbocycles. The Morgan fingerprint density at radius 3 is 2.86 bits per heavy atom. The van der Waals surface area contributed by atoms with Gasteiger partial charge in [-0.15, -0.1) is 0 Å². The van der Waals surface area contributed by atoms with Crippen LogP contribution < -0.4 is 15.8 Å². The summed E-state index contributed by atoms with van der Waals surface area (Å²) in [4.78, 5) is 18.9. The number of aromatic nitrogens is 3. The molecule has 0 saturated carbocycles. The lowest BCUT2D eigenvalue weighted by Crippen LogP contribution is -2.46. The van der Waals surface area contributed by atoms with Crippen LogP contribution in [0.5, 0.6) is 0 Å². The summed E-state index contributed by atoms with van der Waals surface area (Å²) in [6.07, 6.45) is 5.40. The van der Waals surface area contributed by atoms with Gasteiger partial charge in [-0.05, 0) is 56.9 Å². The Morgan fingerprint density at radius 2 is 2.00 bits per heavy atom. The number of nitrogens with one attached hydrogen (secondary N) is 1. The number of piperidine rings is 1. The number of rotatable bonds is 6. The fraction of sp³-hybridized carbons (Fsp3) is 0.435. The zero-order valence-corrected chi connectivity index (χ0v) is 17.2. The Balaban J connectivity index is 1.47. The van der Waals surface area contributed by atoms with Gasteiger partial charge in [0.2, 0.25) is 0 Å². The van der Waals surface area contributed by atoms with Crippen LogP contribution >= 0.6 is 0 Å². The number of nitrogens with zero attached hydrogens (tertiary/aromatic N) is 4. The van der Waals surface area contributed by atoms with Gasteiger partial charge in [-0.1, -0.05) is 18.2 Å². The first-order valence-corrected chi connectivity index (χ1v) is 10.5. The molecular formula is C23H29N5O. The highest BCUT2D eigenvalue weighted by Crippen LogP contribution is 2.23. The third-order valence-electron chi connectivity index (χ3n) is 5.66. The molecule has 1 N–H and O–H groups in total. The number of hydrogen-bond acceptors (Lipinski definition) is 5. The van der Waals surface area contributed by atoms with Crippen LogP contribution in [-0.2, 0) is 6.54 Å². The molecule has 0 radical (unpaired) electrons. The summed E-state index contributed by atoms with van der Waals surface area (Å²) in [5.74, 6) is 0.902. The van der Waals surface area contributed by atoms with Crippen LogP contribution in [0.2, 0.25) is 0 Å². The van der Waals surface area contributed by atoms with Crippen molar-refractivity contribution in [3.05, 3.63) is 64.6 Å². The second-order valence-electron chi connectivity index (χ2n) is 8.03. The Kier molecular flexibility index (Phi) is 5.90. The Hall–Kier alpha value is -2.73. The summed E-state index contributed by atoms with van der Waals surface area (Å²) < 4.78 is 1.58. The molecule has 1 saturated heterocycles. The third kappa shape index (κ3) is 4.32. The molecule has 1 aromatic carbocycles. The number of pyridine rings is 1. The molecule has 29 heavy (non-hydrogen) atoms. The Bertz CT molecular complexity index is 1020. The van der Waals surface area contributed by atoms with Crippen molar-refractivity contribution in [3.63, 3.8) is 0 Å². The van der Waals surface area contributed by atoms with Gasteiger partial charge in [0.1, 0.15) is 5.82 Å². The van der Waals surface area contributed by atoms with E-state index in [0.717, 1.165) is 43.8 Å². The second-order valence-corrected chi connectivity index (χ2v) is 8.03. The number of hydrogen-bond donors (Lipinski definition) is 1. The van der Waals surface area contributed by atoms with E-state index < -0.39 is 0 Å². The molecule has 1 aliphatic heterocycles. The summed E-state index contributed by atoms with van der Waals surface area (Å²) in [6.45, 7) is 6.66. The van der Waals surface area contributed by atoms with Crippen molar-refractivity contribution in [3.8, 4) is 0 Å². The summed E-state index contributed by atoms with van der Waals surface area (Å²) >= 11 is 0. The fourth-order valence-electron chi connectivity index (χ4n) is 4.14. The summed E-state index contributed by atoms with van der Waals surface area (Å²) in [6, 6.07) is 14.3. The van der Waals surface area contributed by atoms with Crippen molar-refractivity contribution in [2.75, 3.05) is 18.0 Å². The van der Waals surface area contributed by atoms with Crippen LogP contribution in [0, 0.1) is 0 Å². The smallest absolute Gasteiger partial charge is 0.267 e. The largest absolute Gasteiger partial charge is 0.351 e. The monoisotopic (exact) mass is 391 g/mol. The molecule has 3 heterocycles. The van der Waals surface area contributed by atoms with Crippen molar-refractivity contribution < 1.29 is 0 Å². The van der Waals surface area contributed by atoms with E-state index in [1.54, 1.807) is 10.7 Å². The van der Waals surface area contributed by atoms with Crippen LogP contribution in [0.4, 0.5) is 5.82 Å². The molecule has 1 unspecified atom stereocenters. The predicted octanol–water partition coefficient (Wildman–Crippen LogP) is 3.52. The fourth-order valence-corrected chi connectivity index (χ4v) is 4.14. The first-order valence-electron chi connectivity index (χ1n) is 10.5. The van der Waals surface area contributed by atoms with Crippen LogP contribution in [-0.4, -0.2) is 33.9 Å².